The first kappa shape index (κ1) is 16.5. The van der Waals surface area contributed by atoms with Crippen LogP contribution in [-0.4, -0.2) is 30.1 Å². The normalized spacial score (nSPS) is 15.3. The van der Waals surface area contributed by atoms with Crippen molar-refractivity contribution in [1.29, 1.82) is 0 Å². The van der Waals surface area contributed by atoms with Gasteiger partial charge >= 0.3 is 6.09 Å². The van der Waals surface area contributed by atoms with Crippen LogP contribution in [0.2, 0.25) is 0 Å². The van der Waals surface area contributed by atoms with Crippen molar-refractivity contribution in [2.45, 2.75) is 32.3 Å². The van der Waals surface area contributed by atoms with Crippen LogP contribution in [0, 0.1) is 5.92 Å². The zero-order chi connectivity index (χ0) is 15.8. The number of hydrogen-bond acceptors (Lipinski definition) is 5. The fourth-order valence-corrected chi connectivity index (χ4v) is 2.51. The van der Waals surface area contributed by atoms with Crippen molar-refractivity contribution in [3.8, 4) is 0 Å². The van der Waals surface area contributed by atoms with Gasteiger partial charge in [0.05, 0.1) is 0 Å². The Kier molecular flexibility index (Phi) is 6.36. The first-order valence-electron chi connectivity index (χ1n) is 7.66. The molecule has 1 aromatic carbocycles. The summed E-state index contributed by atoms with van der Waals surface area (Å²) in [5, 5.41) is 3.87. The van der Waals surface area contributed by atoms with E-state index in [1.165, 1.54) is 0 Å². The average Bonchev–Trinajstić information content (AvgIpc) is 2.58. The van der Waals surface area contributed by atoms with Gasteiger partial charge in [0, 0.05) is 6.42 Å². The molecule has 1 saturated heterocycles. The number of nitrogens with one attached hydrogen (secondary N) is 1. The standard InChI is InChI=1S/C16H23N3O3/c17-19(15(20)7-6-13-8-10-18-11-9-13)16(21)22-12-14-4-2-1-3-5-14/h1-5,13,18H,6-12,17H2. The maximum Gasteiger partial charge on any atom is 0.431 e. The Balaban J connectivity index is 1.71. The number of carbonyl (C=O) groups is 2. The van der Waals surface area contributed by atoms with E-state index < -0.39 is 12.0 Å². The topological polar surface area (TPSA) is 84.7 Å². The predicted octanol–water partition coefficient (Wildman–Crippen LogP) is 1.81. The summed E-state index contributed by atoms with van der Waals surface area (Å²) in [5.74, 6) is 5.67. The number of hydrogen-bond donors (Lipinski definition) is 2. The van der Waals surface area contributed by atoms with E-state index >= 15 is 0 Å². The average molecular weight is 305 g/mol. The number of piperidine rings is 1. The molecule has 0 aromatic heterocycles. The second kappa shape index (κ2) is 8.51. The molecule has 0 bridgehead atoms. The lowest BCUT2D eigenvalue weighted by atomic mass is 9.93. The van der Waals surface area contributed by atoms with Crippen LogP contribution in [0.1, 0.15) is 31.2 Å². The number of nitrogens with zero attached hydrogens (tertiary/aromatic N) is 1. The molecule has 1 heterocycles. The summed E-state index contributed by atoms with van der Waals surface area (Å²) in [6, 6.07) is 9.27. The molecule has 0 atom stereocenters. The zero-order valence-corrected chi connectivity index (χ0v) is 12.7. The van der Waals surface area contributed by atoms with Gasteiger partial charge in [-0.1, -0.05) is 30.3 Å². The molecule has 0 spiro atoms. The van der Waals surface area contributed by atoms with Crippen LogP contribution in [0.3, 0.4) is 0 Å². The first-order valence-corrected chi connectivity index (χ1v) is 7.66. The molecule has 0 unspecified atom stereocenters. The molecular weight excluding hydrogens is 282 g/mol. The lowest BCUT2D eigenvalue weighted by Crippen LogP contribution is -2.43. The molecule has 0 aliphatic carbocycles. The highest BCUT2D eigenvalue weighted by molar-refractivity contribution is 5.91. The van der Waals surface area contributed by atoms with Crippen molar-refractivity contribution in [1.82, 2.24) is 10.3 Å². The molecular formula is C16H23N3O3. The molecule has 1 aromatic rings. The van der Waals surface area contributed by atoms with Crippen molar-refractivity contribution >= 4 is 12.0 Å². The van der Waals surface area contributed by atoms with Crippen molar-refractivity contribution < 1.29 is 14.3 Å². The first-order chi connectivity index (χ1) is 10.7. The molecule has 3 N–H and O–H groups in total. The van der Waals surface area contributed by atoms with Gasteiger partial charge < -0.3 is 10.1 Å². The van der Waals surface area contributed by atoms with Crippen molar-refractivity contribution in [2.24, 2.45) is 11.8 Å². The summed E-state index contributed by atoms with van der Waals surface area (Å²) >= 11 is 0. The quantitative estimate of drug-likeness (QED) is 0.492. The highest BCUT2D eigenvalue weighted by Gasteiger charge is 2.21. The maximum absolute atomic E-state index is 11.9. The van der Waals surface area contributed by atoms with Crippen molar-refractivity contribution in [2.75, 3.05) is 13.1 Å². The SMILES string of the molecule is NN(C(=O)CCC1CCNCC1)C(=O)OCc1ccccc1. The van der Waals surface area contributed by atoms with Gasteiger partial charge in [-0.25, -0.2) is 10.6 Å². The zero-order valence-electron chi connectivity index (χ0n) is 12.7. The Morgan fingerprint density at radius 3 is 2.59 bits per heavy atom. The minimum Gasteiger partial charge on any atom is -0.443 e. The fourth-order valence-electron chi connectivity index (χ4n) is 2.51. The second-order valence-electron chi connectivity index (χ2n) is 5.54. The number of amides is 2. The Hall–Kier alpha value is -1.92. The summed E-state index contributed by atoms with van der Waals surface area (Å²) < 4.78 is 5.03. The lowest BCUT2D eigenvalue weighted by Gasteiger charge is -2.23. The molecule has 6 nitrogen and oxygen atoms in total. The Morgan fingerprint density at radius 1 is 1.23 bits per heavy atom. The van der Waals surface area contributed by atoms with Gasteiger partial charge in [0.2, 0.25) is 5.91 Å². The van der Waals surface area contributed by atoms with E-state index in [4.69, 9.17) is 10.6 Å². The van der Waals surface area contributed by atoms with Crippen LogP contribution in [-0.2, 0) is 16.1 Å². The van der Waals surface area contributed by atoms with Gasteiger partial charge in [-0.15, -0.1) is 0 Å². The van der Waals surface area contributed by atoms with E-state index in [9.17, 15) is 9.59 Å². The number of nitrogens with two attached hydrogens (primary N) is 1. The van der Waals surface area contributed by atoms with Crippen LogP contribution >= 0.6 is 0 Å². The Labute approximate surface area is 130 Å². The molecule has 1 aliphatic rings. The van der Waals surface area contributed by atoms with E-state index in [1.807, 2.05) is 30.3 Å². The third kappa shape index (κ3) is 5.13. The minimum absolute atomic E-state index is 0.106. The van der Waals surface area contributed by atoms with E-state index in [-0.39, 0.29) is 13.0 Å². The van der Waals surface area contributed by atoms with Crippen LogP contribution < -0.4 is 11.2 Å². The number of rotatable bonds is 5. The van der Waals surface area contributed by atoms with Gasteiger partial charge in [0.1, 0.15) is 6.61 Å². The van der Waals surface area contributed by atoms with E-state index in [1.54, 1.807) is 0 Å². The third-order valence-electron chi connectivity index (χ3n) is 3.90. The predicted molar refractivity (Wildman–Crippen MR) is 82.5 cm³/mol. The van der Waals surface area contributed by atoms with E-state index in [0.29, 0.717) is 10.9 Å². The lowest BCUT2D eigenvalue weighted by molar-refractivity contribution is -0.130. The van der Waals surface area contributed by atoms with E-state index in [2.05, 4.69) is 5.32 Å². The Morgan fingerprint density at radius 2 is 1.91 bits per heavy atom. The van der Waals surface area contributed by atoms with Gasteiger partial charge in [0.25, 0.3) is 0 Å². The monoisotopic (exact) mass is 305 g/mol. The third-order valence-corrected chi connectivity index (χ3v) is 3.90. The summed E-state index contributed by atoms with van der Waals surface area (Å²) in [7, 11) is 0. The molecule has 2 amide bonds. The number of carbonyl (C=O) groups excluding carboxylic acids is 2. The van der Waals surface area contributed by atoms with Gasteiger partial charge in [-0.05, 0) is 43.8 Å². The molecule has 2 rings (SSSR count). The maximum atomic E-state index is 11.9. The van der Waals surface area contributed by atoms with Crippen molar-refractivity contribution in [3.05, 3.63) is 35.9 Å². The fraction of sp³-hybridized carbons (Fsp3) is 0.500. The van der Waals surface area contributed by atoms with Crippen LogP contribution in [0.25, 0.3) is 0 Å². The van der Waals surface area contributed by atoms with Gasteiger partial charge in [-0.2, -0.15) is 5.01 Å². The number of hydrazine groups is 1. The van der Waals surface area contributed by atoms with Crippen LogP contribution in [0.4, 0.5) is 4.79 Å². The molecule has 1 fully saturated rings. The Bertz CT molecular complexity index is 487. The number of imide groups is 1. The van der Waals surface area contributed by atoms with Crippen LogP contribution in [0.5, 0.6) is 0 Å². The van der Waals surface area contributed by atoms with Crippen LogP contribution in [0.15, 0.2) is 30.3 Å². The summed E-state index contributed by atoms with van der Waals surface area (Å²) in [6.07, 6.45) is 2.37. The van der Waals surface area contributed by atoms with E-state index in [0.717, 1.165) is 37.9 Å². The molecule has 6 heteroatoms. The molecule has 22 heavy (non-hydrogen) atoms. The summed E-state index contributed by atoms with van der Waals surface area (Å²) in [5.41, 5.74) is 0.853. The molecule has 1 aliphatic heterocycles. The largest absolute Gasteiger partial charge is 0.443 e. The minimum atomic E-state index is -0.806. The molecule has 120 valence electrons. The second-order valence-corrected chi connectivity index (χ2v) is 5.54. The number of ether oxygens (including phenoxy) is 1. The van der Waals surface area contributed by atoms with Crippen molar-refractivity contribution in [3.63, 3.8) is 0 Å². The highest BCUT2D eigenvalue weighted by atomic mass is 16.6. The molecule has 0 saturated carbocycles. The molecule has 0 radical (unpaired) electrons. The smallest absolute Gasteiger partial charge is 0.431 e. The number of benzene rings is 1. The highest BCUT2D eigenvalue weighted by Crippen LogP contribution is 2.18. The summed E-state index contributed by atoms with van der Waals surface area (Å²) in [6.45, 7) is 2.09. The van der Waals surface area contributed by atoms with Gasteiger partial charge in [0.15, 0.2) is 0 Å². The summed E-state index contributed by atoms with van der Waals surface area (Å²) in [4.78, 5) is 23.7. The van der Waals surface area contributed by atoms with Gasteiger partial charge in [-0.3, -0.25) is 4.79 Å².